The maximum atomic E-state index is 11.6. The molecule has 0 N–H and O–H groups in total. The molecule has 84 valence electrons. The van der Waals surface area contributed by atoms with Crippen LogP contribution in [0.4, 0.5) is 0 Å². The first-order valence-corrected chi connectivity index (χ1v) is 5.44. The molecule has 2 rings (SSSR count). The molecule has 0 aliphatic rings. The zero-order valence-electron chi connectivity index (χ0n) is 9.34. The van der Waals surface area contributed by atoms with Gasteiger partial charge in [0.1, 0.15) is 0 Å². The predicted molar refractivity (Wildman–Crippen MR) is 65.6 cm³/mol. The van der Waals surface area contributed by atoms with Crippen LogP contribution < -0.4 is 5.56 Å². The summed E-state index contributed by atoms with van der Waals surface area (Å²) < 4.78 is 1.62. The Morgan fingerprint density at radius 3 is 2.59 bits per heavy atom. The monoisotopic (exact) mass is 224 g/mol. The van der Waals surface area contributed by atoms with E-state index in [4.69, 9.17) is 5.26 Å². The number of aromatic nitrogens is 1. The van der Waals surface area contributed by atoms with Crippen LogP contribution in [0.25, 0.3) is 0 Å². The molecule has 0 saturated heterocycles. The third-order valence-electron chi connectivity index (χ3n) is 2.61. The summed E-state index contributed by atoms with van der Waals surface area (Å²) in [5.74, 6) is 0. The van der Waals surface area contributed by atoms with Gasteiger partial charge in [0, 0.05) is 18.8 Å². The van der Waals surface area contributed by atoms with Crippen LogP contribution in [0.15, 0.2) is 53.5 Å². The molecule has 1 heterocycles. The number of nitrogens with zero attached hydrogens (tertiary/aromatic N) is 2. The van der Waals surface area contributed by atoms with E-state index >= 15 is 0 Å². The minimum absolute atomic E-state index is 0.125. The molecule has 0 amide bonds. The van der Waals surface area contributed by atoms with Crippen LogP contribution in [-0.4, -0.2) is 4.57 Å². The minimum Gasteiger partial charge on any atom is -0.315 e. The van der Waals surface area contributed by atoms with Crippen molar-refractivity contribution >= 4 is 0 Å². The van der Waals surface area contributed by atoms with Crippen LogP contribution in [0, 0.1) is 11.3 Å². The van der Waals surface area contributed by atoms with Gasteiger partial charge in [-0.1, -0.05) is 30.3 Å². The fraction of sp³-hybridized carbons (Fsp3) is 0.143. The van der Waals surface area contributed by atoms with Crippen LogP contribution in [-0.2, 0) is 13.0 Å². The first-order chi connectivity index (χ1) is 8.29. The summed E-state index contributed by atoms with van der Waals surface area (Å²) >= 11 is 0. The molecule has 0 fully saturated rings. The normalized spacial score (nSPS) is 9.82. The molecule has 0 bridgehead atoms. The Balaban J connectivity index is 2.11. The molecule has 1 aromatic carbocycles. The van der Waals surface area contributed by atoms with Gasteiger partial charge in [-0.3, -0.25) is 4.79 Å². The highest BCUT2D eigenvalue weighted by atomic mass is 16.1. The minimum atomic E-state index is -0.125. The van der Waals surface area contributed by atoms with Crippen LogP contribution >= 0.6 is 0 Å². The van der Waals surface area contributed by atoms with Crippen molar-refractivity contribution in [1.29, 1.82) is 5.26 Å². The molecule has 0 atom stereocenters. The lowest BCUT2D eigenvalue weighted by Gasteiger charge is -2.05. The summed E-state index contributed by atoms with van der Waals surface area (Å²) in [6, 6.07) is 15.0. The Hall–Kier alpha value is -2.34. The van der Waals surface area contributed by atoms with Gasteiger partial charge in [-0.2, -0.15) is 5.26 Å². The number of pyridine rings is 1. The number of benzene rings is 1. The summed E-state index contributed by atoms with van der Waals surface area (Å²) in [5.41, 5.74) is 1.48. The van der Waals surface area contributed by atoms with Gasteiger partial charge < -0.3 is 4.57 Å². The number of hydrogen-bond donors (Lipinski definition) is 0. The van der Waals surface area contributed by atoms with E-state index in [9.17, 15) is 4.79 Å². The fourth-order valence-corrected chi connectivity index (χ4v) is 1.66. The molecule has 0 aliphatic carbocycles. The van der Waals surface area contributed by atoms with E-state index in [1.165, 1.54) is 11.6 Å². The van der Waals surface area contributed by atoms with Gasteiger partial charge in [-0.15, -0.1) is 0 Å². The lowest BCUT2D eigenvalue weighted by atomic mass is 10.1. The second-order valence-electron chi connectivity index (χ2n) is 3.79. The van der Waals surface area contributed by atoms with Gasteiger partial charge in [-0.05, 0) is 18.1 Å². The van der Waals surface area contributed by atoms with E-state index in [1.807, 2.05) is 36.4 Å². The molecule has 0 spiro atoms. The van der Waals surface area contributed by atoms with E-state index in [2.05, 4.69) is 0 Å². The predicted octanol–water partition coefficient (Wildman–Crippen LogP) is 1.96. The van der Waals surface area contributed by atoms with Gasteiger partial charge in [0.15, 0.2) is 0 Å². The number of hydrogen-bond acceptors (Lipinski definition) is 2. The lowest BCUT2D eigenvalue weighted by Crippen LogP contribution is -2.19. The molecule has 0 aliphatic heterocycles. The summed E-state index contributed by atoms with van der Waals surface area (Å²) in [4.78, 5) is 11.6. The van der Waals surface area contributed by atoms with Crippen LogP contribution in [0.1, 0.15) is 11.1 Å². The zero-order chi connectivity index (χ0) is 12.1. The molecule has 0 radical (unpaired) electrons. The second-order valence-corrected chi connectivity index (χ2v) is 3.79. The highest BCUT2D eigenvalue weighted by Crippen LogP contribution is 2.01. The Labute approximate surface area is 99.6 Å². The quantitative estimate of drug-likeness (QED) is 0.800. The van der Waals surface area contributed by atoms with Crippen molar-refractivity contribution < 1.29 is 0 Å². The fourth-order valence-electron chi connectivity index (χ4n) is 1.66. The van der Waals surface area contributed by atoms with Crippen molar-refractivity contribution in [3.63, 3.8) is 0 Å². The molecular weight excluding hydrogens is 212 g/mol. The van der Waals surface area contributed by atoms with Gasteiger partial charge in [0.2, 0.25) is 0 Å². The highest BCUT2D eigenvalue weighted by Gasteiger charge is 1.98. The molecular formula is C14H12N2O. The Morgan fingerprint density at radius 1 is 1.18 bits per heavy atom. The summed E-state index contributed by atoms with van der Waals surface area (Å²) in [5, 5.41) is 8.66. The standard InChI is InChI=1S/C14H12N2O/c15-11-13-7-9-16(14(17)10-13)8-6-12-4-2-1-3-5-12/h1-5,7,9-10H,6,8H2. The third kappa shape index (κ3) is 2.82. The molecule has 0 saturated carbocycles. The van der Waals surface area contributed by atoms with Gasteiger partial charge >= 0.3 is 0 Å². The van der Waals surface area contributed by atoms with Crippen molar-refractivity contribution in [2.24, 2.45) is 0 Å². The smallest absolute Gasteiger partial charge is 0.251 e. The second kappa shape index (κ2) is 5.13. The van der Waals surface area contributed by atoms with E-state index in [0.29, 0.717) is 12.1 Å². The van der Waals surface area contributed by atoms with Gasteiger partial charge in [-0.25, -0.2) is 0 Å². The zero-order valence-corrected chi connectivity index (χ0v) is 9.34. The van der Waals surface area contributed by atoms with Crippen LogP contribution in [0.2, 0.25) is 0 Å². The van der Waals surface area contributed by atoms with Crippen molar-refractivity contribution in [3.8, 4) is 6.07 Å². The Morgan fingerprint density at radius 2 is 1.94 bits per heavy atom. The van der Waals surface area contributed by atoms with E-state index in [1.54, 1.807) is 16.8 Å². The average molecular weight is 224 g/mol. The number of rotatable bonds is 3. The molecule has 17 heavy (non-hydrogen) atoms. The maximum absolute atomic E-state index is 11.6. The SMILES string of the molecule is N#Cc1ccn(CCc2ccccc2)c(=O)c1. The average Bonchev–Trinajstić information content (AvgIpc) is 2.38. The molecule has 3 nitrogen and oxygen atoms in total. The Bertz CT molecular complexity index is 594. The molecule has 3 heteroatoms. The highest BCUT2D eigenvalue weighted by molar-refractivity contribution is 5.25. The third-order valence-corrected chi connectivity index (χ3v) is 2.61. The number of nitriles is 1. The van der Waals surface area contributed by atoms with E-state index in [-0.39, 0.29) is 5.56 Å². The van der Waals surface area contributed by atoms with Crippen molar-refractivity contribution in [2.75, 3.05) is 0 Å². The van der Waals surface area contributed by atoms with Crippen molar-refractivity contribution in [3.05, 3.63) is 70.1 Å². The number of aryl methyl sites for hydroxylation is 2. The van der Waals surface area contributed by atoms with Crippen molar-refractivity contribution in [1.82, 2.24) is 4.57 Å². The van der Waals surface area contributed by atoms with Crippen LogP contribution in [0.5, 0.6) is 0 Å². The lowest BCUT2D eigenvalue weighted by molar-refractivity contribution is 0.669. The summed E-state index contributed by atoms with van der Waals surface area (Å²) in [7, 11) is 0. The van der Waals surface area contributed by atoms with E-state index in [0.717, 1.165) is 6.42 Å². The summed E-state index contributed by atoms with van der Waals surface area (Å²) in [6.07, 6.45) is 2.48. The molecule has 1 aromatic heterocycles. The Kier molecular flexibility index (Phi) is 3.37. The van der Waals surface area contributed by atoms with E-state index < -0.39 is 0 Å². The molecule has 2 aromatic rings. The first-order valence-electron chi connectivity index (χ1n) is 5.44. The van der Waals surface area contributed by atoms with Gasteiger partial charge in [0.25, 0.3) is 5.56 Å². The largest absolute Gasteiger partial charge is 0.315 e. The van der Waals surface area contributed by atoms with Gasteiger partial charge in [0.05, 0.1) is 11.6 Å². The molecule has 0 unspecified atom stereocenters. The first kappa shape index (κ1) is 11.2. The summed E-state index contributed by atoms with van der Waals surface area (Å²) in [6.45, 7) is 0.633. The topological polar surface area (TPSA) is 45.8 Å². The maximum Gasteiger partial charge on any atom is 0.251 e. The van der Waals surface area contributed by atoms with Crippen LogP contribution in [0.3, 0.4) is 0 Å². The van der Waals surface area contributed by atoms with Crippen molar-refractivity contribution in [2.45, 2.75) is 13.0 Å².